The van der Waals surface area contributed by atoms with Crippen LogP contribution in [-0.4, -0.2) is 5.75 Å². The molecule has 0 amide bonds. The summed E-state index contributed by atoms with van der Waals surface area (Å²) in [5.41, 5.74) is 2.68. The first-order valence-corrected chi connectivity index (χ1v) is 6.68. The van der Waals surface area contributed by atoms with Crippen molar-refractivity contribution in [1.29, 1.82) is 5.26 Å². The largest absolute Gasteiger partial charge is 0.185 e. The van der Waals surface area contributed by atoms with E-state index in [2.05, 4.69) is 53.4 Å². The molecule has 0 heterocycles. The molecule has 0 N–H and O–H groups in total. The van der Waals surface area contributed by atoms with Crippen LogP contribution in [0.3, 0.4) is 0 Å². The summed E-state index contributed by atoms with van der Waals surface area (Å²) in [6.07, 6.45) is 1.04. The zero-order valence-electron chi connectivity index (χ0n) is 8.96. The number of halogens is 1. The van der Waals surface area contributed by atoms with Crippen molar-refractivity contribution < 1.29 is 0 Å². The topological polar surface area (TPSA) is 23.8 Å². The van der Waals surface area contributed by atoms with Gasteiger partial charge in [-0.05, 0) is 48.2 Å². The molecule has 0 fully saturated rings. The van der Waals surface area contributed by atoms with Crippen LogP contribution in [0.25, 0.3) is 0 Å². The molecule has 0 aromatic heterocycles. The number of thiocyanates is 1. The van der Waals surface area contributed by atoms with Crippen molar-refractivity contribution in [2.75, 3.05) is 5.75 Å². The molecule has 0 aliphatic heterocycles. The molecular formula is C12H14BrNS. The number of rotatable bonds is 4. The molecule has 1 unspecified atom stereocenters. The Hall–Kier alpha value is -0.460. The zero-order chi connectivity index (χ0) is 11.3. The van der Waals surface area contributed by atoms with E-state index in [1.807, 2.05) is 0 Å². The Morgan fingerprint density at radius 3 is 2.93 bits per heavy atom. The summed E-state index contributed by atoms with van der Waals surface area (Å²) in [5, 5.41) is 10.6. The first-order chi connectivity index (χ1) is 7.15. The standard InChI is InChI=1S/C12H14BrNS/c1-9(7-15-8-14)6-11-4-3-5-12(13)10(11)2/h3-5,9H,6-7H2,1-2H3. The average Bonchev–Trinajstić information content (AvgIpc) is 2.22. The minimum atomic E-state index is 0.544. The van der Waals surface area contributed by atoms with Crippen molar-refractivity contribution in [3.05, 3.63) is 33.8 Å². The highest BCUT2D eigenvalue weighted by molar-refractivity contribution is 9.10. The van der Waals surface area contributed by atoms with E-state index >= 15 is 0 Å². The third-order valence-corrected chi connectivity index (χ3v) is 4.10. The van der Waals surface area contributed by atoms with E-state index in [-0.39, 0.29) is 0 Å². The predicted molar refractivity (Wildman–Crippen MR) is 69.8 cm³/mol. The van der Waals surface area contributed by atoms with Gasteiger partial charge in [-0.3, -0.25) is 0 Å². The average molecular weight is 284 g/mol. The molecular weight excluding hydrogens is 270 g/mol. The molecule has 0 spiro atoms. The van der Waals surface area contributed by atoms with Crippen LogP contribution in [0.4, 0.5) is 0 Å². The van der Waals surface area contributed by atoms with Crippen LogP contribution in [0, 0.1) is 23.5 Å². The molecule has 80 valence electrons. The molecule has 1 atom stereocenters. The first-order valence-electron chi connectivity index (χ1n) is 4.90. The van der Waals surface area contributed by atoms with Gasteiger partial charge in [0.15, 0.2) is 0 Å². The summed E-state index contributed by atoms with van der Waals surface area (Å²) in [6, 6.07) is 6.29. The highest BCUT2D eigenvalue weighted by Gasteiger charge is 2.07. The van der Waals surface area contributed by atoms with Crippen LogP contribution in [0.5, 0.6) is 0 Å². The summed E-state index contributed by atoms with van der Waals surface area (Å²) in [5.74, 6) is 1.45. The number of hydrogen-bond donors (Lipinski definition) is 0. The lowest BCUT2D eigenvalue weighted by Crippen LogP contribution is -2.04. The first kappa shape index (κ1) is 12.6. The molecule has 15 heavy (non-hydrogen) atoms. The van der Waals surface area contributed by atoms with Crippen LogP contribution < -0.4 is 0 Å². The predicted octanol–water partition coefficient (Wildman–Crippen LogP) is 4.15. The normalized spacial score (nSPS) is 12.1. The molecule has 3 heteroatoms. The fraction of sp³-hybridized carbons (Fsp3) is 0.417. The number of hydrogen-bond acceptors (Lipinski definition) is 2. The van der Waals surface area contributed by atoms with Gasteiger partial charge in [-0.2, -0.15) is 5.26 Å². The summed E-state index contributed by atoms with van der Waals surface area (Å²) >= 11 is 4.87. The van der Waals surface area contributed by atoms with Gasteiger partial charge in [0.1, 0.15) is 5.40 Å². The molecule has 1 rings (SSSR count). The van der Waals surface area contributed by atoms with Crippen molar-refractivity contribution in [2.24, 2.45) is 5.92 Å². The molecule has 0 aliphatic rings. The molecule has 0 saturated heterocycles. The lowest BCUT2D eigenvalue weighted by atomic mass is 9.99. The van der Waals surface area contributed by atoms with E-state index in [9.17, 15) is 0 Å². The summed E-state index contributed by atoms with van der Waals surface area (Å²) in [6.45, 7) is 4.31. The second-order valence-electron chi connectivity index (χ2n) is 3.74. The van der Waals surface area contributed by atoms with Gasteiger partial charge in [0.2, 0.25) is 0 Å². The van der Waals surface area contributed by atoms with Crippen molar-refractivity contribution in [1.82, 2.24) is 0 Å². The summed E-state index contributed by atoms with van der Waals surface area (Å²) in [7, 11) is 0. The number of nitriles is 1. The molecule has 0 aliphatic carbocycles. The van der Waals surface area contributed by atoms with Gasteiger partial charge < -0.3 is 0 Å². The lowest BCUT2D eigenvalue weighted by Gasteiger charge is -2.12. The SMILES string of the molecule is Cc1c(Br)cccc1CC(C)CSC#N. The maximum atomic E-state index is 8.49. The van der Waals surface area contributed by atoms with Crippen LogP contribution in [-0.2, 0) is 6.42 Å². The number of benzene rings is 1. The quantitative estimate of drug-likeness (QED) is 0.775. The summed E-state index contributed by atoms with van der Waals surface area (Å²) in [4.78, 5) is 0. The Morgan fingerprint density at radius 2 is 2.27 bits per heavy atom. The van der Waals surface area contributed by atoms with Crippen molar-refractivity contribution >= 4 is 27.7 Å². The fourth-order valence-electron chi connectivity index (χ4n) is 1.49. The van der Waals surface area contributed by atoms with Crippen LogP contribution in [0.1, 0.15) is 18.1 Å². The fourth-order valence-corrected chi connectivity index (χ4v) is 2.37. The maximum absolute atomic E-state index is 8.49. The highest BCUT2D eigenvalue weighted by Crippen LogP contribution is 2.22. The Labute approximate surface area is 104 Å². The Morgan fingerprint density at radius 1 is 1.53 bits per heavy atom. The van der Waals surface area contributed by atoms with Gasteiger partial charge in [0.25, 0.3) is 0 Å². The van der Waals surface area contributed by atoms with Gasteiger partial charge >= 0.3 is 0 Å². The number of nitrogens with zero attached hydrogens (tertiary/aromatic N) is 1. The molecule has 1 aromatic rings. The van der Waals surface area contributed by atoms with E-state index in [0.717, 1.165) is 12.2 Å². The minimum Gasteiger partial charge on any atom is -0.185 e. The van der Waals surface area contributed by atoms with Crippen molar-refractivity contribution in [3.63, 3.8) is 0 Å². The molecule has 0 bridgehead atoms. The number of thioether (sulfide) groups is 1. The van der Waals surface area contributed by atoms with Crippen molar-refractivity contribution in [2.45, 2.75) is 20.3 Å². The van der Waals surface area contributed by atoms with Gasteiger partial charge in [0.05, 0.1) is 0 Å². The Bertz CT molecular complexity index is 370. The third-order valence-electron chi connectivity index (χ3n) is 2.38. The van der Waals surface area contributed by atoms with Gasteiger partial charge in [-0.1, -0.05) is 35.0 Å². The van der Waals surface area contributed by atoms with E-state index in [0.29, 0.717) is 5.92 Å². The smallest absolute Gasteiger partial charge is 0.133 e. The second kappa shape index (κ2) is 6.19. The van der Waals surface area contributed by atoms with E-state index in [1.165, 1.54) is 27.4 Å². The van der Waals surface area contributed by atoms with Gasteiger partial charge in [-0.15, -0.1) is 0 Å². The van der Waals surface area contributed by atoms with Crippen molar-refractivity contribution in [3.8, 4) is 5.40 Å². The van der Waals surface area contributed by atoms with Crippen LogP contribution >= 0.6 is 27.7 Å². The highest BCUT2D eigenvalue weighted by atomic mass is 79.9. The Balaban J connectivity index is 2.65. The Kier molecular flexibility index (Phi) is 5.21. The van der Waals surface area contributed by atoms with Crippen LogP contribution in [0.2, 0.25) is 0 Å². The minimum absolute atomic E-state index is 0.544. The maximum Gasteiger partial charge on any atom is 0.133 e. The monoisotopic (exact) mass is 283 g/mol. The lowest BCUT2D eigenvalue weighted by molar-refractivity contribution is 0.657. The third kappa shape index (κ3) is 3.89. The second-order valence-corrected chi connectivity index (χ2v) is 5.39. The van der Waals surface area contributed by atoms with E-state index < -0.39 is 0 Å². The molecule has 0 radical (unpaired) electrons. The van der Waals surface area contributed by atoms with Gasteiger partial charge in [0, 0.05) is 10.2 Å². The zero-order valence-corrected chi connectivity index (χ0v) is 11.4. The molecule has 0 saturated carbocycles. The van der Waals surface area contributed by atoms with Gasteiger partial charge in [-0.25, -0.2) is 0 Å². The summed E-state index contributed by atoms with van der Waals surface area (Å²) < 4.78 is 1.17. The molecule has 1 aromatic carbocycles. The van der Waals surface area contributed by atoms with Crippen LogP contribution in [0.15, 0.2) is 22.7 Å². The van der Waals surface area contributed by atoms with E-state index in [1.54, 1.807) is 0 Å². The molecule has 1 nitrogen and oxygen atoms in total. The van der Waals surface area contributed by atoms with E-state index in [4.69, 9.17) is 5.26 Å².